The van der Waals surface area contributed by atoms with Gasteiger partial charge < -0.3 is 10.4 Å². The Morgan fingerprint density at radius 1 is 1.07 bits per heavy atom. The van der Waals surface area contributed by atoms with Gasteiger partial charge in [0.05, 0.1) is 5.56 Å². The van der Waals surface area contributed by atoms with Gasteiger partial charge >= 0.3 is 6.18 Å². The maximum atomic E-state index is 13.4. The molecule has 1 aliphatic carbocycles. The molecule has 0 spiro atoms. The van der Waals surface area contributed by atoms with E-state index >= 15 is 0 Å². The van der Waals surface area contributed by atoms with Crippen LogP contribution in [0.5, 0.6) is 5.75 Å². The smallest absolute Gasteiger partial charge is 0.420 e. The van der Waals surface area contributed by atoms with Crippen molar-refractivity contribution in [1.82, 2.24) is 10.2 Å². The predicted octanol–water partition coefficient (Wildman–Crippen LogP) is 5.54. The van der Waals surface area contributed by atoms with Gasteiger partial charge in [0.1, 0.15) is 5.75 Å². The number of hydrogen-bond donors (Lipinski definition) is 2. The molecule has 1 saturated heterocycles. The first-order valence-corrected chi connectivity index (χ1v) is 9.71. The third-order valence-electron chi connectivity index (χ3n) is 5.37. The SMILES string of the molecule is Cl.Cl.Oc1c([C@H](C2CCCCC2)N2CCNCC2)cc(Br)cc1C(F)(F)F. The van der Waals surface area contributed by atoms with E-state index in [0.717, 1.165) is 57.9 Å². The average Bonchev–Trinajstić information content (AvgIpc) is 2.59. The lowest BCUT2D eigenvalue weighted by Gasteiger charge is -2.41. The second kappa shape index (κ2) is 10.5. The topological polar surface area (TPSA) is 35.5 Å². The molecule has 1 aromatic carbocycles. The molecule has 0 unspecified atom stereocenters. The summed E-state index contributed by atoms with van der Waals surface area (Å²) < 4.78 is 40.4. The van der Waals surface area contributed by atoms with Crippen LogP contribution >= 0.6 is 40.7 Å². The summed E-state index contributed by atoms with van der Waals surface area (Å²) in [5, 5.41) is 13.8. The lowest BCUT2D eigenvalue weighted by Crippen LogP contribution is -2.47. The standard InChI is InChI=1S/C18H24BrF3N2O.2ClH/c19-13-10-14(17(25)15(11-13)18(20,21)22)16(12-4-2-1-3-5-12)24-8-6-23-7-9-24;;/h10-12,16,23,25H,1-9H2;2*1H/t16-;;/m0../s1. The lowest BCUT2D eigenvalue weighted by atomic mass is 9.79. The number of hydrogen-bond acceptors (Lipinski definition) is 3. The normalized spacial score (nSPS) is 20.4. The Hall–Kier alpha value is -0.210. The van der Waals surface area contributed by atoms with Gasteiger partial charge in [-0.05, 0) is 30.9 Å². The van der Waals surface area contributed by atoms with Crippen LogP contribution in [0, 0.1) is 5.92 Å². The molecule has 0 amide bonds. The number of benzene rings is 1. The Labute approximate surface area is 179 Å². The summed E-state index contributed by atoms with van der Waals surface area (Å²) in [6, 6.07) is 2.47. The van der Waals surface area contributed by atoms with Crippen molar-refractivity contribution in [3.05, 3.63) is 27.7 Å². The molecule has 1 aliphatic heterocycles. The Kier molecular flexibility index (Phi) is 9.69. The van der Waals surface area contributed by atoms with Crippen molar-refractivity contribution in [3.63, 3.8) is 0 Å². The summed E-state index contributed by atoms with van der Waals surface area (Å²) in [6.45, 7) is 3.22. The number of halogens is 6. The zero-order valence-electron chi connectivity index (χ0n) is 14.9. The lowest BCUT2D eigenvalue weighted by molar-refractivity contribution is -0.139. The van der Waals surface area contributed by atoms with Gasteiger partial charge in [0, 0.05) is 42.3 Å². The second-order valence-electron chi connectivity index (χ2n) is 7.02. The third-order valence-corrected chi connectivity index (χ3v) is 5.83. The molecular weight excluding hydrogens is 468 g/mol. The number of nitrogens with zero attached hydrogens (tertiary/aromatic N) is 1. The number of phenolic OH excluding ortho intramolecular Hbond substituents is 1. The summed E-state index contributed by atoms with van der Waals surface area (Å²) >= 11 is 3.21. The first-order chi connectivity index (χ1) is 11.9. The van der Waals surface area contributed by atoms with Crippen LogP contribution in [0.2, 0.25) is 0 Å². The van der Waals surface area contributed by atoms with Crippen molar-refractivity contribution < 1.29 is 18.3 Å². The molecular formula is C18H26BrCl2F3N2O. The van der Waals surface area contributed by atoms with E-state index in [1.54, 1.807) is 6.07 Å². The van der Waals surface area contributed by atoms with E-state index in [2.05, 4.69) is 26.1 Å². The minimum absolute atomic E-state index is 0. The van der Waals surface area contributed by atoms with Crippen LogP contribution in [-0.2, 0) is 6.18 Å². The van der Waals surface area contributed by atoms with E-state index < -0.39 is 17.5 Å². The maximum absolute atomic E-state index is 13.4. The van der Waals surface area contributed by atoms with E-state index in [4.69, 9.17) is 0 Å². The van der Waals surface area contributed by atoms with Gasteiger partial charge in [-0.2, -0.15) is 13.2 Å². The predicted molar refractivity (Wildman–Crippen MR) is 109 cm³/mol. The van der Waals surface area contributed by atoms with E-state index in [0.29, 0.717) is 10.0 Å². The van der Waals surface area contributed by atoms with E-state index in [1.165, 1.54) is 6.42 Å². The van der Waals surface area contributed by atoms with Crippen LogP contribution in [-0.4, -0.2) is 36.2 Å². The largest absolute Gasteiger partial charge is 0.507 e. The Morgan fingerprint density at radius 3 is 2.22 bits per heavy atom. The highest BCUT2D eigenvalue weighted by Crippen LogP contribution is 2.46. The number of rotatable bonds is 3. The fraction of sp³-hybridized carbons (Fsp3) is 0.667. The quantitative estimate of drug-likeness (QED) is 0.579. The van der Waals surface area contributed by atoms with Crippen LogP contribution in [0.25, 0.3) is 0 Å². The third kappa shape index (κ3) is 5.89. The summed E-state index contributed by atoms with van der Waals surface area (Å²) in [6.07, 6.45) is 0.832. The molecule has 1 aromatic rings. The van der Waals surface area contributed by atoms with Crippen molar-refractivity contribution in [2.45, 2.75) is 44.3 Å². The number of alkyl halides is 3. The van der Waals surface area contributed by atoms with Gasteiger partial charge in [0.15, 0.2) is 0 Å². The monoisotopic (exact) mass is 492 g/mol. The summed E-state index contributed by atoms with van der Waals surface area (Å²) in [5.41, 5.74) is -0.539. The van der Waals surface area contributed by atoms with Crippen LogP contribution in [0.4, 0.5) is 13.2 Å². The first kappa shape index (κ1) is 24.8. The van der Waals surface area contributed by atoms with E-state index in [9.17, 15) is 18.3 Å². The molecule has 9 heteroatoms. The van der Waals surface area contributed by atoms with Gasteiger partial charge in [-0.3, -0.25) is 4.90 Å². The van der Waals surface area contributed by atoms with Gasteiger partial charge in [-0.15, -0.1) is 24.8 Å². The molecule has 1 atom stereocenters. The van der Waals surface area contributed by atoms with E-state index in [1.807, 2.05) is 0 Å². The number of piperazine rings is 1. The van der Waals surface area contributed by atoms with Gasteiger partial charge in [0.2, 0.25) is 0 Å². The Bertz CT molecular complexity index is 589. The highest BCUT2D eigenvalue weighted by atomic mass is 79.9. The zero-order chi connectivity index (χ0) is 18.0. The molecule has 156 valence electrons. The van der Waals surface area contributed by atoms with Crippen molar-refractivity contribution in [3.8, 4) is 5.75 Å². The van der Waals surface area contributed by atoms with Crippen LogP contribution in [0.15, 0.2) is 16.6 Å². The van der Waals surface area contributed by atoms with Crippen LogP contribution < -0.4 is 5.32 Å². The Balaban J connectivity index is 0.00000182. The fourth-order valence-corrected chi connectivity index (χ4v) is 4.70. The number of nitrogens with one attached hydrogen (secondary N) is 1. The number of aromatic hydroxyl groups is 1. The van der Waals surface area contributed by atoms with Gasteiger partial charge in [-0.1, -0.05) is 35.2 Å². The molecule has 0 aromatic heterocycles. The fourth-order valence-electron chi connectivity index (χ4n) is 4.22. The van der Waals surface area contributed by atoms with Crippen molar-refractivity contribution in [2.75, 3.05) is 26.2 Å². The number of phenols is 1. The zero-order valence-corrected chi connectivity index (χ0v) is 18.1. The van der Waals surface area contributed by atoms with Gasteiger partial charge in [-0.25, -0.2) is 0 Å². The molecule has 2 aliphatic rings. The molecule has 1 heterocycles. The van der Waals surface area contributed by atoms with Crippen molar-refractivity contribution in [2.24, 2.45) is 5.92 Å². The molecule has 0 bridgehead atoms. The maximum Gasteiger partial charge on any atom is 0.420 e. The van der Waals surface area contributed by atoms with Gasteiger partial charge in [0.25, 0.3) is 0 Å². The molecule has 1 saturated carbocycles. The molecule has 2 N–H and O–H groups in total. The Morgan fingerprint density at radius 2 is 1.67 bits per heavy atom. The van der Waals surface area contributed by atoms with Crippen molar-refractivity contribution >= 4 is 40.7 Å². The molecule has 27 heavy (non-hydrogen) atoms. The van der Waals surface area contributed by atoms with Crippen LogP contribution in [0.3, 0.4) is 0 Å². The summed E-state index contributed by atoms with van der Waals surface area (Å²) in [5.74, 6) is -0.321. The summed E-state index contributed by atoms with van der Waals surface area (Å²) in [4.78, 5) is 2.24. The second-order valence-corrected chi connectivity index (χ2v) is 7.93. The minimum Gasteiger partial charge on any atom is -0.507 e. The molecule has 2 fully saturated rings. The van der Waals surface area contributed by atoms with E-state index in [-0.39, 0.29) is 36.8 Å². The molecule has 3 rings (SSSR count). The van der Waals surface area contributed by atoms with Crippen molar-refractivity contribution in [1.29, 1.82) is 0 Å². The molecule has 3 nitrogen and oxygen atoms in total. The van der Waals surface area contributed by atoms with Crippen LogP contribution in [0.1, 0.15) is 49.3 Å². The highest BCUT2D eigenvalue weighted by Gasteiger charge is 2.39. The summed E-state index contributed by atoms with van der Waals surface area (Å²) in [7, 11) is 0. The first-order valence-electron chi connectivity index (χ1n) is 8.92. The highest BCUT2D eigenvalue weighted by molar-refractivity contribution is 9.10. The molecule has 0 radical (unpaired) electrons. The average molecular weight is 494 g/mol. The minimum atomic E-state index is -4.57.